The normalized spacial score (nSPS) is 17.5. The van der Waals surface area contributed by atoms with Crippen LogP contribution in [0.3, 0.4) is 0 Å². The van der Waals surface area contributed by atoms with Crippen molar-refractivity contribution in [1.82, 2.24) is 0 Å². The van der Waals surface area contributed by atoms with Crippen LogP contribution in [0.4, 0.5) is 24.5 Å². The molecule has 0 aliphatic carbocycles. The Morgan fingerprint density at radius 3 is 2.22 bits per heavy atom. The first-order valence-electron chi connectivity index (χ1n) is 11.9. The van der Waals surface area contributed by atoms with Gasteiger partial charge in [-0.25, -0.2) is 0 Å². The first-order valence-corrected chi connectivity index (χ1v) is 14.8. The van der Waals surface area contributed by atoms with Crippen molar-refractivity contribution in [3.8, 4) is 18.1 Å². The maximum absolute atomic E-state index is 13.9. The molecular formula is C29H29F3N2O2Si. The molecule has 0 fully saturated rings. The smallest absolute Gasteiger partial charge is 0.418 e. The van der Waals surface area contributed by atoms with Crippen molar-refractivity contribution in [2.24, 2.45) is 0 Å². The number of rotatable bonds is 5. The minimum atomic E-state index is -4.65. The van der Waals surface area contributed by atoms with Gasteiger partial charge in [0.15, 0.2) is 5.54 Å². The highest BCUT2D eigenvalue weighted by molar-refractivity contribution is 6.74. The van der Waals surface area contributed by atoms with Crippen molar-refractivity contribution in [3.05, 3.63) is 89.0 Å². The van der Waals surface area contributed by atoms with E-state index < -0.39 is 31.5 Å². The molecule has 0 bridgehead atoms. The SMILES string of the molecule is C#Cc1ccccc1NC1(c2ccc(O[Si](C)(C)C(C)(C)C)cc2)C(=O)Nc2c(C(F)(F)F)cccc21. The largest absolute Gasteiger partial charge is 0.544 e. The second-order valence-electron chi connectivity index (χ2n) is 10.6. The number of fused-ring (bicyclic) bond motifs is 1. The summed E-state index contributed by atoms with van der Waals surface area (Å²) in [4.78, 5) is 13.7. The number of hydrogen-bond donors (Lipinski definition) is 2. The lowest BCUT2D eigenvalue weighted by Gasteiger charge is -2.36. The van der Waals surface area contributed by atoms with Gasteiger partial charge in [0.25, 0.3) is 5.91 Å². The molecule has 0 aromatic heterocycles. The molecule has 3 aromatic carbocycles. The zero-order chi connectivity index (χ0) is 27.2. The van der Waals surface area contributed by atoms with E-state index in [0.29, 0.717) is 22.6 Å². The first kappa shape index (κ1) is 26.4. The number of carbonyl (C=O) groups excluding carboxylic acids is 1. The van der Waals surface area contributed by atoms with Crippen molar-refractivity contribution in [3.63, 3.8) is 0 Å². The molecule has 37 heavy (non-hydrogen) atoms. The number of halogens is 3. The highest BCUT2D eigenvalue weighted by Gasteiger charge is 2.52. The molecule has 8 heteroatoms. The maximum Gasteiger partial charge on any atom is 0.418 e. The van der Waals surface area contributed by atoms with E-state index in [9.17, 15) is 18.0 Å². The number of nitrogens with one attached hydrogen (secondary N) is 2. The van der Waals surface area contributed by atoms with Crippen LogP contribution in [-0.4, -0.2) is 14.2 Å². The topological polar surface area (TPSA) is 50.4 Å². The monoisotopic (exact) mass is 522 g/mol. The lowest BCUT2D eigenvalue weighted by molar-refractivity contribution is -0.136. The molecule has 1 amide bonds. The number of carbonyl (C=O) groups is 1. The van der Waals surface area contributed by atoms with Crippen LogP contribution in [0.15, 0.2) is 66.7 Å². The van der Waals surface area contributed by atoms with Crippen LogP contribution < -0.4 is 15.1 Å². The van der Waals surface area contributed by atoms with Crippen LogP contribution in [0, 0.1) is 12.3 Å². The Balaban J connectivity index is 1.89. The van der Waals surface area contributed by atoms with E-state index in [1.54, 1.807) is 48.5 Å². The highest BCUT2D eigenvalue weighted by Crippen LogP contribution is 2.49. The predicted octanol–water partition coefficient (Wildman–Crippen LogP) is 7.38. The number of anilines is 2. The zero-order valence-corrected chi connectivity index (χ0v) is 22.4. The van der Waals surface area contributed by atoms with Gasteiger partial charge in [0.2, 0.25) is 8.32 Å². The molecule has 4 nitrogen and oxygen atoms in total. The van der Waals surface area contributed by atoms with Gasteiger partial charge >= 0.3 is 6.18 Å². The standard InChI is InChI=1S/C29H29F3N2O2Si/c1-7-19-11-8-9-14-24(19)34-28(20-15-17-21(18-16-20)36-37(5,6)27(2,3)4)22-12-10-13-23(29(30,31)32)25(22)33-26(28)35/h1,8-18,34H,2-6H3,(H,33,35). The molecule has 1 atom stereocenters. The number of hydrogen-bond acceptors (Lipinski definition) is 3. The Morgan fingerprint density at radius 1 is 0.973 bits per heavy atom. The molecule has 1 unspecified atom stereocenters. The third kappa shape index (κ3) is 4.60. The average molecular weight is 523 g/mol. The van der Waals surface area contributed by atoms with Gasteiger partial charge in [0.1, 0.15) is 5.75 Å². The maximum atomic E-state index is 13.9. The van der Waals surface area contributed by atoms with Gasteiger partial charge in [0.05, 0.1) is 16.9 Å². The minimum absolute atomic E-state index is 0.0222. The second kappa shape index (κ2) is 9.00. The number of para-hydroxylation sites is 2. The summed E-state index contributed by atoms with van der Waals surface area (Å²) in [6, 6.07) is 17.6. The van der Waals surface area contributed by atoms with Crippen molar-refractivity contribution in [2.45, 2.75) is 50.6 Å². The summed E-state index contributed by atoms with van der Waals surface area (Å²) in [5, 5.41) is 5.69. The van der Waals surface area contributed by atoms with E-state index in [2.05, 4.69) is 50.4 Å². The number of amides is 1. The highest BCUT2D eigenvalue weighted by atomic mass is 28.4. The Bertz CT molecular complexity index is 1390. The quantitative estimate of drug-likeness (QED) is 0.272. The van der Waals surface area contributed by atoms with Crippen LogP contribution in [0.1, 0.15) is 43.0 Å². The van der Waals surface area contributed by atoms with Gasteiger partial charge in [-0.05, 0) is 54.0 Å². The fraction of sp³-hybridized carbons (Fsp3) is 0.276. The number of benzene rings is 3. The summed E-state index contributed by atoms with van der Waals surface area (Å²) in [6.45, 7) is 10.6. The Kier molecular flexibility index (Phi) is 6.41. The second-order valence-corrected chi connectivity index (χ2v) is 15.4. The lowest BCUT2D eigenvalue weighted by Crippen LogP contribution is -2.44. The number of terminal acetylenes is 1. The van der Waals surface area contributed by atoms with Crippen molar-refractivity contribution in [2.75, 3.05) is 10.6 Å². The summed E-state index contributed by atoms with van der Waals surface area (Å²) < 4.78 is 48.0. The third-order valence-electron chi connectivity index (χ3n) is 7.22. The minimum Gasteiger partial charge on any atom is -0.544 e. The molecule has 0 radical (unpaired) electrons. The fourth-order valence-electron chi connectivity index (χ4n) is 4.19. The molecule has 0 spiro atoms. The molecule has 0 saturated heterocycles. The third-order valence-corrected chi connectivity index (χ3v) is 11.6. The van der Waals surface area contributed by atoms with Gasteiger partial charge < -0.3 is 15.1 Å². The predicted molar refractivity (Wildman–Crippen MR) is 143 cm³/mol. The van der Waals surface area contributed by atoms with Crippen LogP contribution in [0.25, 0.3) is 0 Å². The van der Waals surface area contributed by atoms with E-state index in [-0.39, 0.29) is 16.3 Å². The van der Waals surface area contributed by atoms with Gasteiger partial charge in [0, 0.05) is 11.1 Å². The van der Waals surface area contributed by atoms with E-state index in [1.165, 1.54) is 12.1 Å². The summed E-state index contributed by atoms with van der Waals surface area (Å²) in [5.41, 5.74) is -1.29. The van der Waals surface area contributed by atoms with Gasteiger partial charge in [-0.2, -0.15) is 13.2 Å². The first-order chi connectivity index (χ1) is 17.2. The van der Waals surface area contributed by atoms with Gasteiger partial charge in [-0.3, -0.25) is 4.79 Å². The molecule has 2 N–H and O–H groups in total. The van der Waals surface area contributed by atoms with Gasteiger partial charge in [-0.15, -0.1) is 6.42 Å². The average Bonchev–Trinajstić information content (AvgIpc) is 3.10. The Hall–Kier alpha value is -3.70. The molecule has 1 heterocycles. The van der Waals surface area contributed by atoms with E-state index in [1.807, 2.05) is 0 Å². The Morgan fingerprint density at radius 2 is 1.62 bits per heavy atom. The molecule has 3 aromatic rings. The molecular weight excluding hydrogens is 493 g/mol. The molecule has 1 aliphatic heterocycles. The zero-order valence-electron chi connectivity index (χ0n) is 21.4. The summed E-state index contributed by atoms with van der Waals surface area (Å²) >= 11 is 0. The van der Waals surface area contributed by atoms with Crippen LogP contribution >= 0.6 is 0 Å². The molecule has 4 rings (SSSR count). The van der Waals surface area contributed by atoms with E-state index in [0.717, 1.165) is 6.07 Å². The van der Waals surface area contributed by atoms with E-state index >= 15 is 0 Å². The van der Waals surface area contributed by atoms with Crippen molar-refractivity contribution >= 4 is 25.6 Å². The lowest BCUT2D eigenvalue weighted by atomic mass is 9.82. The molecule has 1 aliphatic rings. The molecule has 192 valence electrons. The summed E-state index contributed by atoms with van der Waals surface area (Å²) in [7, 11) is -2.13. The summed E-state index contributed by atoms with van der Waals surface area (Å²) in [5.74, 6) is 2.57. The van der Waals surface area contributed by atoms with E-state index in [4.69, 9.17) is 10.8 Å². The van der Waals surface area contributed by atoms with Crippen molar-refractivity contribution < 1.29 is 22.4 Å². The molecule has 0 saturated carbocycles. The number of alkyl halides is 3. The van der Waals surface area contributed by atoms with Crippen LogP contribution in [0.2, 0.25) is 18.1 Å². The Labute approximate surface area is 216 Å². The van der Waals surface area contributed by atoms with Gasteiger partial charge in [-0.1, -0.05) is 63.1 Å². The van der Waals surface area contributed by atoms with Crippen LogP contribution in [0.5, 0.6) is 5.75 Å². The fourth-order valence-corrected chi connectivity index (χ4v) is 5.22. The summed E-state index contributed by atoms with van der Waals surface area (Å²) in [6.07, 6.45) is 1.03. The van der Waals surface area contributed by atoms with Crippen LogP contribution in [-0.2, 0) is 16.5 Å². The van der Waals surface area contributed by atoms with Crippen molar-refractivity contribution in [1.29, 1.82) is 0 Å².